The standard InChI is InChI=1S/C24H34FN5O/c1-16(15-31-2)29-19-5-7-20(8-6-19)30-24-10-22(23(25)14-28-24)18-9-21(13-26-12-18)27-11-17-3-4-17/h9-10,12-14,16-17,19-20,27,29H,3-8,11,15H2,1-2H3,(H,28,30). The average Bonchev–Trinajstić information content (AvgIpc) is 3.60. The van der Waals surface area contributed by atoms with Gasteiger partial charge in [-0.3, -0.25) is 4.98 Å². The Hall–Kier alpha value is -2.25. The van der Waals surface area contributed by atoms with E-state index < -0.39 is 0 Å². The molecule has 0 aliphatic heterocycles. The van der Waals surface area contributed by atoms with E-state index in [0.29, 0.717) is 23.7 Å². The van der Waals surface area contributed by atoms with Crippen molar-refractivity contribution in [3.8, 4) is 11.1 Å². The average molecular weight is 428 g/mol. The molecule has 31 heavy (non-hydrogen) atoms. The molecule has 1 atom stereocenters. The van der Waals surface area contributed by atoms with Gasteiger partial charge in [0.15, 0.2) is 0 Å². The molecule has 1 unspecified atom stereocenters. The molecule has 0 aromatic carbocycles. The highest BCUT2D eigenvalue weighted by Gasteiger charge is 2.23. The first-order valence-electron chi connectivity index (χ1n) is 11.5. The topological polar surface area (TPSA) is 71.1 Å². The fourth-order valence-corrected chi connectivity index (χ4v) is 4.32. The third-order valence-electron chi connectivity index (χ3n) is 6.21. The third-order valence-corrected chi connectivity index (χ3v) is 6.21. The Balaban J connectivity index is 1.35. The quantitative estimate of drug-likeness (QED) is 0.520. The Labute approximate surface area is 184 Å². The summed E-state index contributed by atoms with van der Waals surface area (Å²) in [5.74, 6) is 1.16. The summed E-state index contributed by atoms with van der Waals surface area (Å²) in [5, 5.41) is 10.6. The van der Waals surface area contributed by atoms with Crippen molar-refractivity contribution in [3.05, 3.63) is 36.5 Å². The van der Waals surface area contributed by atoms with Crippen LogP contribution in [0, 0.1) is 11.7 Å². The Kier molecular flexibility index (Phi) is 7.35. The number of halogens is 1. The summed E-state index contributed by atoms with van der Waals surface area (Å²) < 4.78 is 19.8. The van der Waals surface area contributed by atoms with E-state index >= 15 is 0 Å². The molecular formula is C24H34FN5O. The number of ether oxygens (including phenoxy) is 1. The van der Waals surface area contributed by atoms with Crippen molar-refractivity contribution in [1.29, 1.82) is 0 Å². The first-order valence-corrected chi connectivity index (χ1v) is 11.5. The van der Waals surface area contributed by atoms with E-state index in [1.54, 1.807) is 19.5 Å². The van der Waals surface area contributed by atoms with Gasteiger partial charge in [-0.1, -0.05) is 0 Å². The van der Waals surface area contributed by atoms with Gasteiger partial charge in [0.05, 0.1) is 18.5 Å². The van der Waals surface area contributed by atoms with Crippen molar-refractivity contribution in [3.63, 3.8) is 0 Å². The Morgan fingerprint density at radius 2 is 1.84 bits per heavy atom. The minimum atomic E-state index is -0.327. The zero-order chi connectivity index (χ0) is 21.6. The minimum Gasteiger partial charge on any atom is -0.384 e. The number of anilines is 2. The number of aromatic nitrogens is 2. The van der Waals surface area contributed by atoms with Gasteiger partial charge in [0.25, 0.3) is 0 Å². The van der Waals surface area contributed by atoms with Gasteiger partial charge >= 0.3 is 0 Å². The number of nitrogens with zero attached hydrogens (tertiary/aromatic N) is 2. The second kappa shape index (κ2) is 10.4. The predicted molar refractivity (Wildman–Crippen MR) is 123 cm³/mol. The molecule has 2 saturated carbocycles. The molecule has 0 radical (unpaired) electrons. The monoisotopic (exact) mass is 427 g/mol. The second-order valence-corrected chi connectivity index (χ2v) is 9.05. The first-order chi connectivity index (χ1) is 15.1. The van der Waals surface area contributed by atoms with Gasteiger partial charge in [-0.2, -0.15) is 0 Å². The molecule has 0 amide bonds. The molecule has 7 heteroatoms. The molecule has 0 spiro atoms. The van der Waals surface area contributed by atoms with Gasteiger partial charge in [0, 0.05) is 55.3 Å². The van der Waals surface area contributed by atoms with Gasteiger partial charge in [-0.05, 0) is 63.5 Å². The minimum absolute atomic E-state index is 0.327. The van der Waals surface area contributed by atoms with Gasteiger partial charge in [-0.25, -0.2) is 9.37 Å². The van der Waals surface area contributed by atoms with Crippen molar-refractivity contribution >= 4 is 11.5 Å². The molecular weight excluding hydrogens is 393 g/mol. The zero-order valence-corrected chi connectivity index (χ0v) is 18.5. The van der Waals surface area contributed by atoms with Crippen molar-refractivity contribution in [1.82, 2.24) is 15.3 Å². The normalized spacial score (nSPS) is 22.2. The van der Waals surface area contributed by atoms with Crippen molar-refractivity contribution in [2.45, 2.75) is 63.6 Å². The molecule has 6 nitrogen and oxygen atoms in total. The summed E-state index contributed by atoms with van der Waals surface area (Å²) in [4.78, 5) is 8.59. The van der Waals surface area contributed by atoms with E-state index in [1.165, 1.54) is 19.0 Å². The van der Waals surface area contributed by atoms with Crippen LogP contribution in [0.1, 0.15) is 45.4 Å². The maximum atomic E-state index is 14.6. The summed E-state index contributed by atoms with van der Waals surface area (Å²) in [7, 11) is 1.74. The first kappa shape index (κ1) is 22.0. The highest BCUT2D eigenvalue weighted by atomic mass is 19.1. The fraction of sp³-hybridized carbons (Fsp3) is 0.583. The van der Waals surface area contributed by atoms with Gasteiger partial charge in [0.2, 0.25) is 0 Å². The van der Waals surface area contributed by atoms with Crippen molar-refractivity contribution in [2.75, 3.05) is 30.9 Å². The van der Waals surface area contributed by atoms with Gasteiger partial charge in [-0.15, -0.1) is 0 Å². The number of hydrogen-bond donors (Lipinski definition) is 3. The summed E-state index contributed by atoms with van der Waals surface area (Å²) >= 11 is 0. The predicted octanol–water partition coefficient (Wildman–Crippen LogP) is 4.45. The molecule has 168 valence electrons. The fourth-order valence-electron chi connectivity index (χ4n) is 4.32. The highest BCUT2D eigenvalue weighted by Crippen LogP contribution is 2.30. The number of rotatable bonds is 10. The lowest BCUT2D eigenvalue weighted by molar-refractivity contribution is 0.161. The molecule has 2 aromatic rings. The van der Waals surface area contributed by atoms with Crippen molar-refractivity contribution in [2.24, 2.45) is 5.92 Å². The van der Waals surface area contributed by atoms with E-state index in [1.807, 2.05) is 12.1 Å². The lowest BCUT2D eigenvalue weighted by Crippen LogP contribution is -2.42. The maximum absolute atomic E-state index is 14.6. The Morgan fingerprint density at radius 3 is 2.58 bits per heavy atom. The molecule has 2 heterocycles. The Morgan fingerprint density at radius 1 is 1.06 bits per heavy atom. The third kappa shape index (κ3) is 6.37. The summed E-state index contributed by atoms with van der Waals surface area (Å²) in [6, 6.07) is 5.02. The van der Waals surface area contributed by atoms with Crippen LogP contribution in [0.5, 0.6) is 0 Å². The van der Waals surface area contributed by atoms with E-state index in [9.17, 15) is 4.39 Å². The van der Waals surface area contributed by atoms with Crippen LogP contribution in [-0.2, 0) is 4.74 Å². The number of hydrogen-bond acceptors (Lipinski definition) is 6. The van der Waals surface area contributed by atoms with Crippen LogP contribution >= 0.6 is 0 Å². The molecule has 4 rings (SSSR count). The molecule has 0 bridgehead atoms. The SMILES string of the molecule is COCC(C)NC1CCC(Nc2cc(-c3cncc(NCC4CC4)c3)c(F)cn2)CC1. The smallest absolute Gasteiger partial charge is 0.149 e. The molecule has 2 aliphatic rings. The van der Waals surface area contributed by atoms with Crippen LogP contribution in [0.2, 0.25) is 0 Å². The van der Waals surface area contributed by atoms with E-state index in [4.69, 9.17) is 4.74 Å². The van der Waals surface area contributed by atoms with Crippen LogP contribution in [0.15, 0.2) is 30.7 Å². The Bertz CT molecular complexity index is 852. The number of methoxy groups -OCH3 is 1. The second-order valence-electron chi connectivity index (χ2n) is 9.05. The van der Waals surface area contributed by atoms with Crippen LogP contribution in [-0.4, -0.2) is 48.4 Å². The van der Waals surface area contributed by atoms with Crippen LogP contribution in [0.3, 0.4) is 0 Å². The van der Waals surface area contributed by atoms with Gasteiger partial charge < -0.3 is 20.7 Å². The number of nitrogens with one attached hydrogen (secondary N) is 3. The van der Waals surface area contributed by atoms with Crippen LogP contribution in [0.25, 0.3) is 11.1 Å². The van der Waals surface area contributed by atoms with Crippen LogP contribution in [0.4, 0.5) is 15.9 Å². The van der Waals surface area contributed by atoms with E-state index in [2.05, 4.69) is 32.8 Å². The largest absolute Gasteiger partial charge is 0.384 e. The summed E-state index contributed by atoms with van der Waals surface area (Å²) in [6.45, 7) is 3.84. The van der Waals surface area contributed by atoms with Gasteiger partial charge in [0.1, 0.15) is 11.6 Å². The van der Waals surface area contributed by atoms with Crippen LogP contribution < -0.4 is 16.0 Å². The van der Waals surface area contributed by atoms with E-state index in [-0.39, 0.29) is 5.82 Å². The van der Waals surface area contributed by atoms with E-state index in [0.717, 1.165) is 61.8 Å². The maximum Gasteiger partial charge on any atom is 0.149 e. The summed E-state index contributed by atoms with van der Waals surface area (Å²) in [6.07, 6.45) is 11.7. The molecule has 3 N–H and O–H groups in total. The summed E-state index contributed by atoms with van der Waals surface area (Å²) in [5.41, 5.74) is 2.23. The lowest BCUT2D eigenvalue weighted by Gasteiger charge is -2.31. The van der Waals surface area contributed by atoms with Crippen molar-refractivity contribution < 1.29 is 9.13 Å². The highest BCUT2D eigenvalue weighted by molar-refractivity contribution is 5.69. The molecule has 2 aliphatic carbocycles. The zero-order valence-electron chi connectivity index (χ0n) is 18.5. The molecule has 2 fully saturated rings. The molecule has 2 aromatic heterocycles. The number of pyridine rings is 2. The lowest BCUT2D eigenvalue weighted by atomic mass is 9.90. The molecule has 0 saturated heterocycles.